The Balaban J connectivity index is 1.58. The van der Waals surface area contributed by atoms with Crippen LogP contribution in [0.25, 0.3) is 4.96 Å². The summed E-state index contributed by atoms with van der Waals surface area (Å²) >= 11 is 1.24. The molecule has 0 fully saturated rings. The lowest BCUT2D eigenvalue weighted by atomic mass is 10.1. The summed E-state index contributed by atoms with van der Waals surface area (Å²) in [6, 6.07) is 10.9. The standard InChI is InChI=1S/C17H19N5O2S/c1-11-10-14(23)22-17(19-11)25-16(21-22)20-12(2)15(24)18-9-8-13-6-4-3-5-7-13/h3-7,10,12H,8-9H2,1-2H3,(H,18,24)(H,20,21). The van der Waals surface area contributed by atoms with E-state index in [9.17, 15) is 9.59 Å². The molecule has 0 bridgehead atoms. The zero-order valence-corrected chi connectivity index (χ0v) is 14.8. The number of aryl methyl sites for hydroxylation is 1. The van der Waals surface area contributed by atoms with Crippen molar-refractivity contribution in [3.63, 3.8) is 0 Å². The molecule has 3 rings (SSSR count). The van der Waals surface area contributed by atoms with Gasteiger partial charge in [-0.2, -0.15) is 4.52 Å². The van der Waals surface area contributed by atoms with Crippen LogP contribution in [0.4, 0.5) is 5.13 Å². The van der Waals surface area contributed by atoms with Crippen molar-refractivity contribution in [2.45, 2.75) is 26.3 Å². The maximum absolute atomic E-state index is 12.2. The fourth-order valence-electron chi connectivity index (χ4n) is 2.36. The largest absolute Gasteiger partial charge is 0.354 e. The van der Waals surface area contributed by atoms with Crippen LogP contribution < -0.4 is 16.2 Å². The number of nitrogens with one attached hydrogen (secondary N) is 2. The molecule has 1 unspecified atom stereocenters. The SMILES string of the molecule is Cc1cc(=O)n2nc(NC(C)C(=O)NCCc3ccccc3)sc2n1. The molecule has 2 N–H and O–H groups in total. The predicted octanol–water partition coefficient (Wildman–Crippen LogP) is 1.62. The molecule has 2 aromatic heterocycles. The highest BCUT2D eigenvalue weighted by atomic mass is 32.1. The topological polar surface area (TPSA) is 88.4 Å². The van der Waals surface area contributed by atoms with Crippen molar-refractivity contribution < 1.29 is 4.79 Å². The first-order valence-corrected chi connectivity index (χ1v) is 8.80. The zero-order chi connectivity index (χ0) is 17.8. The molecule has 3 aromatic rings. The van der Waals surface area contributed by atoms with Gasteiger partial charge >= 0.3 is 0 Å². The summed E-state index contributed by atoms with van der Waals surface area (Å²) in [6.45, 7) is 4.08. The monoisotopic (exact) mass is 357 g/mol. The fourth-order valence-corrected chi connectivity index (χ4v) is 3.30. The smallest absolute Gasteiger partial charge is 0.275 e. The van der Waals surface area contributed by atoms with Crippen molar-refractivity contribution in [3.05, 3.63) is 58.0 Å². The maximum Gasteiger partial charge on any atom is 0.275 e. The Hall–Kier alpha value is -2.74. The van der Waals surface area contributed by atoms with Crippen LogP contribution in [0.15, 0.2) is 41.2 Å². The molecular weight excluding hydrogens is 338 g/mol. The molecule has 130 valence electrons. The molecule has 1 amide bonds. The Labute approximate surface area is 148 Å². The van der Waals surface area contributed by atoms with E-state index in [1.807, 2.05) is 30.3 Å². The zero-order valence-electron chi connectivity index (χ0n) is 14.0. The number of hydrogen-bond acceptors (Lipinski definition) is 6. The van der Waals surface area contributed by atoms with Crippen molar-refractivity contribution in [2.24, 2.45) is 0 Å². The van der Waals surface area contributed by atoms with E-state index < -0.39 is 6.04 Å². The fraction of sp³-hybridized carbons (Fsp3) is 0.294. The quantitative estimate of drug-likeness (QED) is 0.700. The molecule has 1 atom stereocenters. The average molecular weight is 357 g/mol. The first-order valence-electron chi connectivity index (χ1n) is 7.98. The van der Waals surface area contributed by atoms with Crippen molar-refractivity contribution in [1.82, 2.24) is 19.9 Å². The highest BCUT2D eigenvalue weighted by Gasteiger charge is 2.15. The highest BCUT2D eigenvalue weighted by Crippen LogP contribution is 2.17. The van der Waals surface area contributed by atoms with Gasteiger partial charge in [-0.25, -0.2) is 4.98 Å². The Morgan fingerprint density at radius 3 is 2.84 bits per heavy atom. The summed E-state index contributed by atoms with van der Waals surface area (Å²) in [5.74, 6) is -0.119. The third-order valence-corrected chi connectivity index (χ3v) is 4.50. The maximum atomic E-state index is 12.2. The number of benzene rings is 1. The van der Waals surface area contributed by atoms with E-state index >= 15 is 0 Å². The van der Waals surface area contributed by atoms with Gasteiger partial charge in [0, 0.05) is 18.3 Å². The number of hydrogen-bond donors (Lipinski definition) is 2. The van der Waals surface area contributed by atoms with E-state index in [0.29, 0.717) is 22.3 Å². The molecule has 0 aliphatic carbocycles. The number of anilines is 1. The molecule has 0 spiro atoms. The second-order valence-corrected chi connectivity index (χ2v) is 6.69. The van der Waals surface area contributed by atoms with Crippen LogP contribution in [-0.4, -0.2) is 33.1 Å². The third kappa shape index (κ3) is 4.21. The van der Waals surface area contributed by atoms with Crippen LogP contribution in [0, 0.1) is 6.92 Å². The van der Waals surface area contributed by atoms with Crippen LogP contribution in [0.3, 0.4) is 0 Å². The molecular formula is C17H19N5O2S. The van der Waals surface area contributed by atoms with Crippen LogP contribution in [0.2, 0.25) is 0 Å². The summed E-state index contributed by atoms with van der Waals surface area (Å²) in [5.41, 5.74) is 1.59. The molecule has 1 aromatic carbocycles. The van der Waals surface area contributed by atoms with Crippen LogP contribution in [0.1, 0.15) is 18.2 Å². The van der Waals surface area contributed by atoms with E-state index in [-0.39, 0.29) is 11.5 Å². The Morgan fingerprint density at radius 1 is 1.32 bits per heavy atom. The minimum absolute atomic E-state index is 0.119. The lowest BCUT2D eigenvalue weighted by Crippen LogP contribution is -2.38. The van der Waals surface area contributed by atoms with Crippen LogP contribution in [0.5, 0.6) is 0 Å². The van der Waals surface area contributed by atoms with Gasteiger partial charge in [0.15, 0.2) is 0 Å². The molecule has 0 aliphatic rings. The van der Waals surface area contributed by atoms with E-state index in [4.69, 9.17) is 0 Å². The van der Waals surface area contributed by atoms with Crippen molar-refractivity contribution in [3.8, 4) is 0 Å². The summed E-state index contributed by atoms with van der Waals surface area (Å²) in [5, 5.41) is 10.6. The van der Waals surface area contributed by atoms with E-state index in [1.54, 1.807) is 13.8 Å². The van der Waals surface area contributed by atoms with Gasteiger partial charge in [0.1, 0.15) is 6.04 Å². The van der Waals surface area contributed by atoms with Crippen molar-refractivity contribution >= 4 is 27.3 Å². The molecule has 0 saturated carbocycles. The van der Waals surface area contributed by atoms with Gasteiger partial charge in [0.05, 0.1) is 0 Å². The lowest BCUT2D eigenvalue weighted by molar-refractivity contribution is -0.121. The number of rotatable bonds is 6. The van der Waals surface area contributed by atoms with Crippen molar-refractivity contribution in [2.75, 3.05) is 11.9 Å². The number of aromatic nitrogens is 3. The Kier molecular flexibility index (Phi) is 5.08. The second-order valence-electron chi connectivity index (χ2n) is 5.73. The predicted molar refractivity (Wildman–Crippen MR) is 98.1 cm³/mol. The molecule has 25 heavy (non-hydrogen) atoms. The number of fused-ring (bicyclic) bond motifs is 1. The summed E-state index contributed by atoms with van der Waals surface area (Å²) in [7, 11) is 0. The number of carbonyl (C=O) groups is 1. The summed E-state index contributed by atoms with van der Waals surface area (Å²) < 4.78 is 1.24. The van der Waals surface area contributed by atoms with Crippen LogP contribution in [-0.2, 0) is 11.2 Å². The van der Waals surface area contributed by atoms with Gasteiger partial charge in [-0.1, -0.05) is 41.7 Å². The first-order chi connectivity index (χ1) is 12.0. The van der Waals surface area contributed by atoms with E-state index in [2.05, 4.69) is 20.7 Å². The van der Waals surface area contributed by atoms with Gasteiger partial charge in [-0.3, -0.25) is 9.59 Å². The molecule has 0 aliphatic heterocycles. The Bertz CT molecular complexity index is 935. The van der Waals surface area contributed by atoms with Crippen LogP contribution >= 0.6 is 11.3 Å². The average Bonchev–Trinajstić information content (AvgIpc) is 2.98. The van der Waals surface area contributed by atoms with Gasteiger partial charge in [-0.05, 0) is 25.8 Å². The highest BCUT2D eigenvalue weighted by molar-refractivity contribution is 7.20. The minimum Gasteiger partial charge on any atom is -0.354 e. The number of carbonyl (C=O) groups excluding carboxylic acids is 1. The first kappa shape index (κ1) is 17.1. The molecule has 0 saturated heterocycles. The van der Waals surface area contributed by atoms with Gasteiger partial charge < -0.3 is 10.6 Å². The Morgan fingerprint density at radius 2 is 2.08 bits per heavy atom. The lowest BCUT2D eigenvalue weighted by Gasteiger charge is -2.12. The second kappa shape index (κ2) is 7.43. The van der Waals surface area contributed by atoms with Crippen molar-refractivity contribution in [1.29, 1.82) is 0 Å². The summed E-state index contributed by atoms with van der Waals surface area (Å²) in [6.07, 6.45) is 0.777. The van der Waals surface area contributed by atoms with E-state index in [1.165, 1.54) is 27.5 Å². The molecule has 2 heterocycles. The van der Waals surface area contributed by atoms with E-state index in [0.717, 1.165) is 6.42 Å². The number of nitrogens with zero attached hydrogens (tertiary/aromatic N) is 3. The molecule has 7 nitrogen and oxygen atoms in total. The normalized spacial score (nSPS) is 12.1. The number of amides is 1. The minimum atomic E-state index is -0.465. The third-order valence-electron chi connectivity index (χ3n) is 3.66. The van der Waals surface area contributed by atoms with Gasteiger partial charge in [-0.15, -0.1) is 5.10 Å². The molecule has 0 radical (unpaired) electrons. The molecule has 8 heteroatoms. The van der Waals surface area contributed by atoms with Gasteiger partial charge in [0.2, 0.25) is 16.0 Å². The van der Waals surface area contributed by atoms with Gasteiger partial charge in [0.25, 0.3) is 5.56 Å². The summed E-state index contributed by atoms with van der Waals surface area (Å²) in [4.78, 5) is 28.8.